The summed E-state index contributed by atoms with van der Waals surface area (Å²) in [5.41, 5.74) is -0.572. The Morgan fingerprint density at radius 2 is 2.13 bits per heavy atom. The number of aromatic nitrogens is 1. The Morgan fingerprint density at radius 1 is 1.40 bits per heavy atom. The van der Waals surface area contributed by atoms with E-state index in [1.165, 1.54) is 6.07 Å². The van der Waals surface area contributed by atoms with Gasteiger partial charge in [0.15, 0.2) is 0 Å². The number of fused-ring (bicyclic) bond motifs is 1. The molecule has 1 aromatic rings. The van der Waals surface area contributed by atoms with Crippen molar-refractivity contribution in [1.82, 2.24) is 4.98 Å². The smallest absolute Gasteiger partial charge is 0.433 e. The molecule has 0 saturated carbocycles. The monoisotopic (exact) mass is 218 g/mol. The van der Waals surface area contributed by atoms with E-state index in [0.717, 1.165) is 6.07 Å². The van der Waals surface area contributed by atoms with E-state index in [0.29, 0.717) is 0 Å². The van der Waals surface area contributed by atoms with Gasteiger partial charge in [-0.25, -0.2) is 4.98 Å². The number of hydrogen-bond acceptors (Lipinski definition) is 4. The van der Waals surface area contributed by atoms with Gasteiger partial charge in [0.1, 0.15) is 18.0 Å². The molecule has 2 rings (SSSR count). The van der Waals surface area contributed by atoms with Crippen LogP contribution in [0.5, 0.6) is 5.88 Å². The zero-order chi connectivity index (χ0) is 11.1. The van der Waals surface area contributed by atoms with Crippen LogP contribution in [0.25, 0.3) is 0 Å². The number of halogens is 3. The topological polar surface area (TPSA) is 54.7 Å². The molecular weight excluding hydrogens is 213 g/mol. The summed E-state index contributed by atoms with van der Waals surface area (Å²) in [7, 11) is 0. The van der Waals surface area contributed by atoms with Gasteiger partial charge in [-0.2, -0.15) is 13.2 Å². The van der Waals surface area contributed by atoms with Crippen molar-refractivity contribution in [2.24, 2.45) is 5.16 Å². The van der Waals surface area contributed by atoms with Gasteiger partial charge >= 0.3 is 6.18 Å². The summed E-state index contributed by atoms with van der Waals surface area (Å²) in [6.07, 6.45) is -4.50. The summed E-state index contributed by atoms with van der Waals surface area (Å²) in [4.78, 5) is 3.28. The van der Waals surface area contributed by atoms with Crippen molar-refractivity contribution in [3.8, 4) is 5.88 Å². The van der Waals surface area contributed by atoms with Gasteiger partial charge in [0.2, 0.25) is 5.88 Å². The Morgan fingerprint density at radius 3 is 2.73 bits per heavy atom. The molecule has 2 heterocycles. The first-order valence-electron chi connectivity index (χ1n) is 3.94. The molecule has 4 nitrogen and oxygen atoms in total. The van der Waals surface area contributed by atoms with Gasteiger partial charge in [0, 0.05) is 0 Å². The van der Waals surface area contributed by atoms with Crippen LogP contribution in [-0.4, -0.2) is 22.5 Å². The first-order chi connectivity index (χ1) is 7.02. The van der Waals surface area contributed by atoms with Gasteiger partial charge in [-0.05, 0) is 12.1 Å². The van der Waals surface area contributed by atoms with Crippen LogP contribution in [0.1, 0.15) is 11.3 Å². The first kappa shape index (κ1) is 9.75. The largest absolute Gasteiger partial charge is 0.470 e. The van der Waals surface area contributed by atoms with E-state index in [9.17, 15) is 13.2 Å². The molecule has 15 heavy (non-hydrogen) atoms. The lowest BCUT2D eigenvalue weighted by Gasteiger charge is -2.05. The SMILES string of the molecule is O/N=C1/COc2nc(C(F)(F)F)ccc21. The van der Waals surface area contributed by atoms with Crippen LogP contribution >= 0.6 is 0 Å². The maximum atomic E-state index is 12.2. The third kappa shape index (κ3) is 1.60. The lowest BCUT2D eigenvalue weighted by atomic mass is 10.2. The fraction of sp³-hybridized carbons (Fsp3) is 0.250. The molecule has 80 valence electrons. The van der Waals surface area contributed by atoms with Crippen LogP contribution in [0.15, 0.2) is 17.3 Å². The Hall–Kier alpha value is -1.79. The third-order valence-electron chi connectivity index (χ3n) is 1.93. The molecule has 0 bridgehead atoms. The average molecular weight is 218 g/mol. The number of nitrogens with zero attached hydrogens (tertiary/aromatic N) is 2. The molecule has 0 amide bonds. The highest BCUT2D eigenvalue weighted by Crippen LogP contribution is 2.32. The molecule has 0 fully saturated rings. The first-order valence-corrected chi connectivity index (χ1v) is 3.94. The van der Waals surface area contributed by atoms with Gasteiger partial charge < -0.3 is 9.94 Å². The fourth-order valence-electron chi connectivity index (χ4n) is 1.23. The summed E-state index contributed by atoms with van der Waals surface area (Å²) in [5.74, 6) is -0.155. The molecular formula is C8H5F3N2O2. The highest BCUT2D eigenvalue weighted by Gasteiger charge is 2.34. The quantitative estimate of drug-likeness (QED) is 0.532. The van der Waals surface area contributed by atoms with Crippen molar-refractivity contribution in [1.29, 1.82) is 0 Å². The summed E-state index contributed by atoms with van der Waals surface area (Å²) < 4.78 is 41.5. The molecule has 1 aliphatic rings. The van der Waals surface area contributed by atoms with Crippen molar-refractivity contribution in [3.05, 3.63) is 23.4 Å². The highest BCUT2D eigenvalue weighted by molar-refractivity contribution is 6.05. The number of oxime groups is 1. The molecule has 0 radical (unpaired) electrons. The number of ether oxygens (including phenoxy) is 1. The Labute approximate surface area is 82.0 Å². The second-order valence-electron chi connectivity index (χ2n) is 2.88. The molecule has 0 aromatic carbocycles. The molecule has 0 aliphatic carbocycles. The van der Waals surface area contributed by atoms with Crippen LogP contribution in [0.2, 0.25) is 0 Å². The van der Waals surface area contributed by atoms with Crippen LogP contribution in [0.4, 0.5) is 13.2 Å². The maximum Gasteiger partial charge on any atom is 0.433 e. The summed E-state index contributed by atoms with van der Waals surface area (Å²) in [6, 6.07) is 1.99. The normalized spacial score (nSPS) is 17.7. The van der Waals surface area contributed by atoms with Crippen LogP contribution in [-0.2, 0) is 6.18 Å². The summed E-state index contributed by atoms with van der Waals surface area (Å²) in [6.45, 7) is -0.0693. The molecule has 1 aromatic heterocycles. The maximum absolute atomic E-state index is 12.2. The van der Waals surface area contributed by atoms with E-state index < -0.39 is 11.9 Å². The highest BCUT2D eigenvalue weighted by atomic mass is 19.4. The fourth-order valence-corrected chi connectivity index (χ4v) is 1.23. The average Bonchev–Trinajstić information content (AvgIpc) is 2.58. The molecule has 7 heteroatoms. The number of rotatable bonds is 0. The van der Waals surface area contributed by atoms with Crippen molar-refractivity contribution < 1.29 is 23.1 Å². The second kappa shape index (κ2) is 3.11. The van der Waals surface area contributed by atoms with E-state index >= 15 is 0 Å². The van der Waals surface area contributed by atoms with E-state index in [-0.39, 0.29) is 23.8 Å². The zero-order valence-corrected chi connectivity index (χ0v) is 7.25. The predicted octanol–water partition coefficient (Wildman–Crippen LogP) is 1.67. The number of alkyl halides is 3. The minimum absolute atomic E-state index is 0.0693. The molecule has 0 spiro atoms. The van der Waals surface area contributed by atoms with Crippen LogP contribution in [0.3, 0.4) is 0 Å². The van der Waals surface area contributed by atoms with E-state index in [4.69, 9.17) is 9.94 Å². The Balaban J connectivity index is 2.46. The standard InChI is InChI=1S/C8H5F3N2O2/c9-8(10,11)6-2-1-4-5(13-14)3-15-7(4)12-6/h1-2,14H,3H2/b13-5-. The van der Waals surface area contributed by atoms with Gasteiger partial charge in [0.25, 0.3) is 0 Å². The lowest BCUT2D eigenvalue weighted by molar-refractivity contribution is -0.141. The predicted molar refractivity (Wildman–Crippen MR) is 43.1 cm³/mol. The number of pyridine rings is 1. The molecule has 0 saturated heterocycles. The Kier molecular flexibility index (Phi) is 2.02. The summed E-state index contributed by atoms with van der Waals surface area (Å²) in [5, 5.41) is 11.4. The van der Waals surface area contributed by atoms with Crippen LogP contribution in [0, 0.1) is 0 Å². The van der Waals surface area contributed by atoms with Gasteiger partial charge in [-0.3, -0.25) is 0 Å². The lowest BCUT2D eigenvalue weighted by Crippen LogP contribution is -2.08. The van der Waals surface area contributed by atoms with Gasteiger partial charge in [0.05, 0.1) is 5.56 Å². The molecule has 1 N–H and O–H groups in total. The van der Waals surface area contributed by atoms with E-state index in [1.54, 1.807) is 0 Å². The van der Waals surface area contributed by atoms with E-state index in [1.807, 2.05) is 0 Å². The van der Waals surface area contributed by atoms with Gasteiger partial charge in [-0.1, -0.05) is 5.16 Å². The second-order valence-corrected chi connectivity index (χ2v) is 2.88. The van der Waals surface area contributed by atoms with E-state index in [2.05, 4.69) is 10.1 Å². The van der Waals surface area contributed by atoms with Crippen LogP contribution < -0.4 is 4.74 Å². The minimum Gasteiger partial charge on any atom is -0.470 e. The zero-order valence-electron chi connectivity index (χ0n) is 7.25. The van der Waals surface area contributed by atoms with Crippen molar-refractivity contribution in [2.75, 3.05) is 6.61 Å². The minimum atomic E-state index is -4.50. The third-order valence-corrected chi connectivity index (χ3v) is 1.93. The molecule has 0 atom stereocenters. The van der Waals surface area contributed by atoms with Crippen molar-refractivity contribution in [2.45, 2.75) is 6.18 Å². The van der Waals surface area contributed by atoms with Crippen molar-refractivity contribution in [3.63, 3.8) is 0 Å². The number of hydrogen-bond donors (Lipinski definition) is 1. The van der Waals surface area contributed by atoms with Gasteiger partial charge in [-0.15, -0.1) is 0 Å². The Bertz CT molecular complexity index is 428. The summed E-state index contributed by atoms with van der Waals surface area (Å²) >= 11 is 0. The van der Waals surface area contributed by atoms with Crippen molar-refractivity contribution >= 4 is 5.71 Å². The molecule has 1 aliphatic heterocycles. The molecule has 0 unspecified atom stereocenters.